The molecule has 0 radical (unpaired) electrons. The lowest BCUT2D eigenvalue weighted by atomic mass is 10.2. The topological polar surface area (TPSA) is 71.1 Å². The van der Waals surface area contributed by atoms with Crippen molar-refractivity contribution in [2.24, 2.45) is 0 Å². The van der Waals surface area contributed by atoms with Crippen LogP contribution in [0, 0.1) is 0 Å². The SMILES string of the molecule is C=C(C)C(=O)OC(C)Oc1ccccc1.C=C(C)C(=O)OCC1CCCO1. The third-order valence-electron chi connectivity index (χ3n) is 3.44. The van der Waals surface area contributed by atoms with Gasteiger partial charge in [-0.05, 0) is 38.8 Å². The zero-order chi connectivity index (χ0) is 20.2. The molecule has 1 saturated heterocycles. The zero-order valence-corrected chi connectivity index (χ0v) is 16.2. The molecule has 6 nitrogen and oxygen atoms in total. The number of benzene rings is 1. The van der Waals surface area contributed by atoms with Gasteiger partial charge in [-0.1, -0.05) is 31.4 Å². The Morgan fingerprint density at radius 1 is 1.15 bits per heavy atom. The van der Waals surface area contributed by atoms with E-state index in [9.17, 15) is 9.59 Å². The molecule has 2 rings (SSSR count). The van der Waals surface area contributed by atoms with Gasteiger partial charge in [0.25, 0.3) is 0 Å². The number of ether oxygens (including phenoxy) is 4. The van der Waals surface area contributed by atoms with Crippen molar-refractivity contribution in [3.8, 4) is 5.75 Å². The highest BCUT2D eigenvalue weighted by Crippen LogP contribution is 2.13. The van der Waals surface area contributed by atoms with Crippen molar-refractivity contribution in [1.29, 1.82) is 0 Å². The number of hydrogen-bond donors (Lipinski definition) is 0. The van der Waals surface area contributed by atoms with E-state index in [0.29, 0.717) is 23.5 Å². The van der Waals surface area contributed by atoms with E-state index in [-0.39, 0.29) is 12.1 Å². The van der Waals surface area contributed by atoms with Crippen LogP contribution in [0.4, 0.5) is 0 Å². The van der Waals surface area contributed by atoms with Gasteiger partial charge in [-0.2, -0.15) is 0 Å². The van der Waals surface area contributed by atoms with Gasteiger partial charge in [-0.3, -0.25) is 0 Å². The van der Waals surface area contributed by atoms with E-state index in [1.54, 1.807) is 32.9 Å². The van der Waals surface area contributed by atoms with Gasteiger partial charge < -0.3 is 18.9 Å². The van der Waals surface area contributed by atoms with Crippen LogP contribution in [-0.4, -0.2) is 37.5 Å². The number of hydrogen-bond acceptors (Lipinski definition) is 6. The lowest BCUT2D eigenvalue weighted by Crippen LogP contribution is -2.21. The highest BCUT2D eigenvalue weighted by Gasteiger charge is 2.17. The minimum Gasteiger partial charge on any atom is -0.460 e. The van der Waals surface area contributed by atoms with Gasteiger partial charge in [0.15, 0.2) is 0 Å². The molecule has 0 amide bonds. The minimum atomic E-state index is -0.614. The number of carbonyl (C=O) groups is 2. The number of esters is 2. The van der Waals surface area contributed by atoms with Crippen molar-refractivity contribution in [1.82, 2.24) is 0 Å². The average Bonchev–Trinajstić information content (AvgIpc) is 3.14. The standard InChI is InChI=1S/C12H14O3.C9H14O3/c1-9(2)12(13)15-10(3)14-11-7-5-4-6-8-11;1-7(2)9(10)12-6-8-4-3-5-11-8/h4-8,10H,1H2,2-3H3;8H,1,3-6H2,2H3. The Morgan fingerprint density at radius 2 is 1.78 bits per heavy atom. The smallest absolute Gasteiger partial charge is 0.336 e. The summed E-state index contributed by atoms with van der Waals surface area (Å²) in [6.07, 6.45) is 1.54. The molecule has 2 unspecified atom stereocenters. The average molecular weight is 376 g/mol. The van der Waals surface area contributed by atoms with Gasteiger partial charge in [0.05, 0.1) is 6.10 Å². The summed E-state index contributed by atoms with van der Waals surface area (Å²) in [4.78, 5) is 22.1. The number of carbonyl (C=O) groups excluding carboxylic acids is 2. The fourth-order valence-corrected chi connectivity index (χ4v) is 2.03. The first-order valence-corrected chi connectivity index (χ1v) is 8.82. The first kappa shape index (κ1) is 22.4. The van der Waals surface area contributed by atoms with E-state index < -0.39 is 12.3 Å². The molecular formula is C21H28O6. The van der Waals surface area contributed by atoms with Crippen molar-refractivity contribution in [3.05, 3.63) is 54.6 Å². The van der Waals surface area contributed by atoms with Crippen LogP contribution in [0.1, 0.15) is 33.6 Å². The van der Waals surface area contributed by atoms with Gasteiger partial charge in [-0.25, -0.2) is 9.59 Å². The molecule has 27 heavy (non-hydrogen) atoms. The van der Waals surface area contributed by atoms with Crippen molar-refractivity contribution in [3.63, 3.8) is 0 Å². The highest BCUT2D eigenvalue weighted by atomic mass is 16.7. The second kappa shape index (κ2) is 11.9. The molecule has 1 heterocycles. The normalized spacial score (nSPS) is 16.3. The fraction of sp³-hybridized carbons (Fsp3) is 0.429. The molecule has 1 aliphatic heterocycles. The molecule has 0 spiro atoms. The summed E-state index contributed by atoms with van der Waals surface area (Å²) in [6, 6.07) is 9.18. The highest BCUT2D eigenvalue weighted by molar-refractivity contribution is 5.87. The van der Waals surface area contributed by atoms with Crippen LogP contribution in [0.5, 0.6) is 5.75 Å². The molecule has 1 aliphatic rings. The second-order valence-corrected chi connectivity index (χ2v) is 6.20. The van der Waals surface area contributed by atoms with Crippen LogP contribution in [-0.2, 0) is 23.8 Å². The van der Waals surface area contributed by atoms with Gasteiger partial charge >= 0.3 is 11.9 Å². The molecule has 1 aromatic rings. The van der Waals surface area contributed by atoms with Crippen molar-refractivity contribution >= 4 is 11.9 Å². The van der Waals surface area contributed by atoms with Crippen LogP contribution in [0.2, 0.25) is 0 Å². The van der Waals surface area contributed by atoms with Crippen LogP contribution >= 0.6 is 0 Å². The molecule has 2 atom stereocenters. The molecule has 0 aromatic heterocycles. The van der Waals surface area contributed by atoms with E-state index in [2.05, 4.69) is 13.2 Å². The van der Waals surface area contributed by atoms with Gasteiger partial charge in [0.1, 0.15) is 12.4 Å². The van der Waals surface area contributed by atoms with Crippen LogP contribution in [0.25, 0.3) is 0 Å². The fourth-order valence-electron chi connectivity index (χ4n) is 2.03. The summed E-state index contributed by atoms with van der Waals surface area (Å²) in [5.74, 6) is -0.108. The predicted octanol–water partition coefficient (Wildman–Crippen LogP) is 3.82. The van der Waals surface area contributed by atoms with Crippen LogP contribution < -0.4 is 4.74 Å². The van der Waals surface area contributed by atoms with E-state index in [1.807, 2.05) is 18.2 Å². The van der Waals surface area contributed by atoms with Crippen molar-refractivity contribution in [2.75, 3.05) is 13.2 Å². The largest absolute Gasteiger partial charge is 0.460 e. The molecule has 1 fully saturated rings. The maximum atomic E-state index is 11.1. The Balaban J connectivity index is 0.000000277. The third kappa shape index (κ3) is 9.61. The summed E-state index contributed by atoms with van der Waals surface area (Å²) in [5, 5.41) is 0. The van der Waals surface area contributed by atoms with E-state index in [4.69, 9.17) is 18.9 Å². The Hall–Kier alpha value is -2.60. The van der Waals surface area contributed by atoms with Crippen LogP contribution in [0.15, 0.2) is 54.6 Å². The molecule has 148 valence electrons. The summed E-state index contributed by atoms with van der Waals surface area (Å²) in [5.41, 5.74) is 0.798. The minimum absolute atomic E-state index is 0.105. The number of rotatable bonds is 7. The lowest BCUT2D eigenvalue weighted by molar-refractivity contribution is -0.156. The van der Waals surface area contributed by atoms with Gasteiger partial charge in [0.2, 0.25) is 6.29 Å². The summed E-state index contributed by atoms with van der Waals surface area (Å²) >= 11 is 0. The Bertz CT molecular complexity index is 631. The molecule has 0 aliphatic carbocycles. The molecule has 6 heteroatoms. The van der Waals surface area contributed by atoms with E-state index in [0.717, 1.165) is 19.4 Å². The zero-order valence-electron chi connectivity index (χ0n) is 16.2. The maximum absolute atomic E-state index is 11.1. The van der Waals surface area contributed by atoms with E-state index in [1.165, 1.54) is 0 Å². The molecule has 0 saturated carbocycles. The Morgan fingerprint density at radius 3 is 2.30 bits per heavy atom. The molecular weight excluding hydrogens is 348 g/mol. The lowest BCUT2D eigenvalue weighted by Gasteiger charge is -2.14. The Kier molecular flexibility index (Phi) is 9.90. The Labute approximate surface area is 160 Å². The van der Waals surface area contributed by atoms with E-state index >= 15 is 0 Å². The monoisotopic (exact) mass is 376 g/mol. The maximum Gasteiger partial charge on any atom is 0.336 e. The molecule has 1 aromatic carbocycles. The molecule has 0 bridgehead atoms. The number of para-hydroxylation sites is 1. The van der Waals surface area contributed by atoms with Gasteiger partial charge in [0, 0.05) is 24.7 Å². The van der Waals surface area contributed by atoms with Crippen molar-refractivity contribution < 1.29 is 28.5 Å². The van der Waals surface area contributed by atoms with Crippen molar-refractivity contribution in [2.45, 2.75) is 46.0 Å². The summed E-state index contributed by atoms with van der Waals surface area (Å²) in [7, 11) is 0. The first-order valence-electron chi connectivity index (χ1n) is 8.82. The first-order chi connectivity index (χ1) is 12.8. The predicted molar refractivity (Wildman–Crippen MR) is 102 cm³/mol. The summed E-state index contributed by atoms with van der Waals surface area (Å²) < 4.78 is 20.5. The van der Waals surface area contributed by atoms with Crippen LogP contribution in [0.3, 0.4) is 0 Å². The summed E-state index contributed by atoms with van der Waals surface area (Å²) in [6.45, 7) is 13.0. The second-order valence-electron chi connectivity index (χ2n) is 6.20. The molecule has 0 N–H and O–H groups in total. The van der Waals surface area contributed by atoms with Gasteiger partial charge in [-0.15, -0.1) is 0 Å². The third-order valence-corrected chi connectivity index (χ3v) is 3.44. The quantitative estimate of drug-likeness (QED) is 0.409.